The molecule has 1 aromatic carbocycles. The first kappa shape index (κ1) is 16.4. The van der Waals surface area contributed by atoms with Crippen molar-refractivity contribution in [1.82, 2.24) is 4.90 Å². The normalized spacial score (nSPS) is 17.6. The van der Waals surface area contributed by atoms with Crippen LogP contribution in [0.15, 0.2) is 30.3 Å². The Labute approximate surface area is 151 Å². The molecular weight excluding hydrogens is 338 g/mol. The number of nitrogens with zero attached hydrogens (tertiary/aromatic N) is 1. The van der Waals surface area contributed by atoms with Gasteiger partial charge in [-0.05, 0) is 48.7 Å². The van der Waals surface area contributed by atoms with Gasteiger partial charge in [0.2, 0.25) is 0 Å². The maximum atomic E-state index is 12.7. The van der Waals surface area contributed by atoms with E-state index in [-0.39, 0.29) is 12.0 Å². The van der Waals surface area contributed by atoms with Gasteiger partial charge in [0.1, 0.15) is 13.2 Å². The number of hydrogen-bond acceptors (Lipinski definition) is 5. The van der Waals surface area contributed by atoms with Gasteiger partial charge in [0, 0.05) is 25.1 Å². The van der Waals surface area contributed by atoms with Crippen LogP contribution in [0, 0.1) is 0 Å². The van der Waals surface area contributed by atoms with E-state index in [0.29, 0.717) is 13.2 Å². The smallest absolute Gasteiger partial charge is 0.263 e. The number of hydrogen-bond donors (Lipinski definition) is 0. The number of carbonyl (C=O) groups is 1. The highest BCUT2D eigenvalue weighted by molar-refractivity contribution is 7.17. The number of benzene rings is 1. The summed E-state index contributed by atoms with van der Waals surface area (Å²) in [5, 5.41) is 0. The fraction of sp³-hybridized carbons (Fsp3) is 0.421. The van der Waals surface area contributed by atoms with Gasteiger partial charge in [-0.25, -0.2) is 0 Å². The van der Waals surface area contributed by atoms with Gasteiger partial charge in [0.15, 0.2) is 11.5 Å². The minimum Gasteiger partial charge on any atom is -0.486 e. The van der Waals surface area contributed by atoms with Crippen molar-refractivity contribution in [2.24, 2.45) is 0 Å². The molecule has 0 N–H and O–H groups in total. The Balaban J connectivity index is 1.49. The van der Waals surface area contributed by atoms with Crippen LogP contribution in [-0.4, -0.2) is 50.3 Å². The first-order valence-corrected chi connectivity index (χ1v) is 9.38. The largest absolute Gasteiger partial charge is 0.486 e. The number of amides is 1. The molecule has 3 heterocycles. The van der Waals surface area contributed by atoms with Crippen LogP contribution in [0.4, 0.5) is 0 Å². The number of methoxy groups -OCH3 is 1. The Bertz CT molecular complexity index is 765. The SMILES string of the molecule is COC1CCN(C(=O)c2ccc(-c3ccc4c(c3)OCCO4)s2)CC1. The average molecular weight is 359 g/mol. The van der Waals surface area contributed by atoms with Crippen molar-refractivity contribution in [3.63, 3.8) is 0 Å². The molecule has 1 aromatic heterocycles. The quantitative estimate of drug-likeness (QED) is 0.842. The van der Waals surface area contributed by atoms with Gasteiger partial charge in [0.05, 0.1) is 11.0 Å². The second-order valence-electron chi connectivity index (χ2n) is 6.25. The zero-order chi connectivity index (χ0) is 17.2. The molecule has 0 radical (unpaired) electrons. The maximum Gasteiger partial charge on any atom is 0.263 e. The summed E-state index contributed by atoms with van der Waals surface area (Å²) in [6.45, 7) is 2.68. The van der Waals surface area contributed by atoms with Crippen LogP contribution in [0.2, 0.25) is 0 Å². The molecule has 0 spiro atoms. The van der Waals surface area contributed by atoms with Crippen LogP contribution in [0.25, 0.3) is 10.4 Å². The Morgan fingerprint density at radius 2 is 1.88 bits per heavy atom. The van der Waals surface area contributed by atoms with Crippen molar-refractivity contribution in [3.05, 3.63) is 35.2 Å². The van der Waals surface area contributed by atoms with E-state index in [2.05, 4.69) is 0 Å². The fourth-order valence-electron chi connectivity index (χ4n) is 3.26. The number of ether oxygens (including phenoxy) is 3. The van der Waals surface area contributed by atoms with Gasteiger partial charge in [-0.3, -0.25) is 4.79 Å². The van der Waals surface area contributed by atoms with Gasteiger partial charge in [-0.15, -0.1) is 11.3 Å². The first-order valence-electron chi connectivity index (χ1n) is 8.56. The monoisotopic (exact) mass is 359 g/mol. The highest BCUT2D eigenvalue weighted by Gasteiger charge is 2.24. The van der Waals surface area contributed by atoms with Crippen LogP contribution in [0.5, 0.6) is 11.5 Å². The molecule has 0 saturated carbocycles. The lowest BCUT2D eigenvalue weighted by atomic mass is 10.1. The van der Waals surface area contributed by atoms with E-state index in [1.54, 1.807) is 7.11 Å². The molecule has 0 aliphatic carbocycles. The standard InChI is InChI=1S/C19H21NO4S/c1-22-14-6-8-20(9-7-14)19(21)18-5-4-17(25-18)13-2-3-15-16(12-13)24-11-10-23-15/h2-5,12,14H,6-11H2,1H3. The Hall–Kier alpha value is -2.05. The summed E-state index contributed by atoms with van der Waals surface area (Å²) in [4.78, 5) is 16.5. The molecule has 1 fully saturated rings. The molecule has 0 bridgehead atoms. The number of rotatable bonds is 3. The van der Waals surface area contributed by atoms with Crippen molar-refractivity contribution in [2.75, 3.05) is 33.4 Å². The van der Waals surface area contributed by atoms with Crippen molar-refractivity contribution in [3.8, 4) is 21.9 Å². The second kappa shape index (κ2) is 7.06. The molecule has 2 aliphatic heterocycles. The van der Waals surface area contributed by atoms with Crippen LogP contribution >= 0.6 is 11.3 Å². The number of carbonyl (C=O) groups excluding carboxylic acids is 1. The molecule has 0 unspecified atom stereocenters. The van der Waals surface area contributed by atoms with E-state index in [9.17, 15) is 4.79 Å². The third-order valence-corrected chi connectivity index (χ3v) is 5.83. The second-order valence-corrected chi connectivity index (χ2v) is 7.33. The molecule has 6 heteroatoms. The third-order valence-electron chi connectivity index (χ3n) is 4.71. The maximum absolute atomic E-state index is 12.7. The van der Waals surface area contributed by atoms with Gasteiger partial charge in [0.25, 0.3) is 5.91 Å². The lowest BCUT2D eigenvalue weighted by molar-refractivity contribution is 0.0353. The van der Waals surface area contributed by atoms with Crippen molar-refractivity contribution < 1.29 is 19.0 Å². The van der Waals surface area contributed by atoms with E-state index in [1.807, 2.05) is 35.2 Å². The van der Waals surface area contributed by atoms with Gasteiger partial charge < -0.3 is 19.1 Å². The summed E-state index contributed by atoms with van der Waals surface area (Å²) < 4.78 is 16.6. The van der Waals surface area contributed by atoms with E-state index >= 15 is 0 Å². The van der Waals surface area contributed by atoms with Gasteiger partial charge >= 0.3 is 0 Å². The van der Waals surface area contributed by atoms with E-state index in [4.69, 9.17) is 14.2 Å². The fourth-order valence-corrected chi connectivity index (χ4v) is 4.23. The van der Waals surface area contributed by atoms with Crippen LogP contribution < -0.4 is 9.47 Å². The van der Waals surface area contributed by atoms with Crippen molar-refractivity contribution in [1.29, 1.82) is 0 Å². The summed E-state index contributed by atoms with van der Waals surface area (Å²) in [5.74, 6) is 1.67. The highest BCUT2D eigenvalue weighted by atomic mass is 32.1. The van der Waals surface area contributed by atoms with Gasteiger partial charge in [-0.2, -0.15) is 0 Å². The molecule has 1 saturated heterocycles. The first-order chi connectivity index (χ1) is 12.2. The lowest BCUT2D eigenvalue weighted by Gasteiger charge is -2.30. The summed E-state index contributed by atoms with van der Waals surface area (Å²) >= 11 is 1.53. The van der Waals surface area contributed by atoms with Crippen LogP contribution in [0.1, 0.15) is 22.5 Å². The predicted octanol–water partition coefficient (Wildman–Crippen LogP) is 3.44. The van der Waals surface area contributed by atoms with Crippen molar-refractivity contribution >= 4 is 17.2 Å². The molecule has 1 amide bonds. The summed E-state index contributed by atoms with van der Waals surface area (Å²) in [5.41, 5.74) is 1.05. The molecule has 25 heavy (non-hydrogen) atoms. The average Bonchev–Trinajstić information content (AvgIpc) is 3.17. The molecule has 2 aliphatic rings. The molecule has 0 atom stereocenters. The summed E-state index contributed by atoms with van der Waals surface area (Å²) in [7, 11) is 1.74. The minimum absolute atomic E-state index is 0.114. The topological polar surface area (TPSA) is 48.0 Å². The molecule has 2 aromatic rings. The molecular formula is C19H21NO4S. The van der Waals surface area contributed by atoms with E-state index < -0.39 is 0 Å². The van der Waals surface area contributed by atoms with Crippen LogP contribution in [-0.2, 0) is 4.74 Å². The zero-order valence-corrected chi connectivity index (χ0v) is 15.0. The zero-order valence-electron chi connectivity index (χ0n) is 14.2. The Morgan fingerprint density at radius 3 is 2.64 bits per heavy atom. The Kier molecular flexibility index (Phi) is 4.63. The summed E-state index contributed by atoms with van der Waals surface area (Å²) in [6.07, 6.45) is 2.09. The van der Waals surface area contributed by atoms with E-state index in [1.165, 1.54) is 11.3 Å². The van der Waals surface area contributed by atoms with Gasteiger partial charge in [-0.1, -0.05) is 0 Å². The minimum atomic E-state index is 0.114. The van der Waals surface area contributed by atoms with Crippen LogP contribution in [0.3, 0.4) is 0 Å². The number of piperidine rings is 1. The number of thiophene rings is 1. The summed E-state index contributed by atoms with van der Waals surface area (Å²) in [6, 6.07) is 9.85. The number of fused-ring (bicyclic) bond motifs is 1. The molecule has 4 rings (SSSR count). The van der Waals surface area contributed by atoms with E-state index in [0.717, 1.165) is 52.7 Å². The van der Waals surface area contributed by atoms with Crippen molar-refractivity contribution in [2.45, 2.75) is 18.9 Å². The molecule has 132 valence electrons. The third kappa shape index (κ3) is 3.37. The predicted molar refractivity (Wildman–Crippen MR) is 96.7 cm³/mol. The number of likely N-dealkylation sites (tertiary alicyclic amines) is 1. The molecule has 5 nitrogen and oxygen atoms in total. The lowest BCUT2D eigenvalue weighted by Crippen LogP contribution is -2.40. The Morgan fingerprint density at radius 1 is 1.12 bits per heavy atom. The highest BCUT2D eigenvalue weighted by Crippen LogP contribution is 2.37.